The van der Waals surface area contributed by atoms with Crippen molar-refractivity contribution in [1.82, 2.24) is 4.98 Å². The minimum atomic E-state index is 0.518. The third-order valence-corrected chi connectivity index (χ3v) is 3.17. The van der Waals surface area contributed by atoms with Gasteiger partial charge in [0.1, 0.15) is 5.75 Å². The topological polar surface area (TPSA) is 47.3 Å². The van der Waals surface area contributed by atoms with Crippen molar-refractivity contribution in [1.29, 1.82) is 0 Å². The van der Waals surface area contributed by atoms with Gasteiger partial charge in [0.15, 0.2) is 5.76 Å². The van der Waals surface area contributed by atoms with E-state index in [1.807, 2.05) is 54.6 Å². The van der Waals surface area contributed by atoms with Gasteiger partial charge in [0.25, 0.3) is 6.01 Å². The van der Waals surface area contributed by atoms with Crippen LogP contribution in [0.1, 0.15) is 5.56 Å². The van der Waals surface area contributed by atoms with Crippen molar-refractivity contribution in [2.45, 2.75) is 6.54 Å². The second-order valence-corrected chi connectivity index (χ2v) is 4.60. The van der Waals surface area contributed by atoms with Crippen molar-refractivity contribution in [3.63, 3.8) is 0 Å². The summed E-state index contributed by atoms with van der Waals surface area (Å²) in [6.07, 6.45) is 1.73. The maximum atomic E-state index is 5.69. The number of oxazole rings is 1. The van der Waals surface area contributed by atoms with E-state index in [-0.39, 0.29) is 0 Å². The summed E-state index contributed by atoms with van der Waals surface area (Å²) in [5.41, 5.74) is 2.15. The van der Waals surface area contributed by atoms with Crippen molar-refractivity contribution >= 4 is 6.01 Å². The molecule has 0 bridgehead atoms. The van der Waals surface area contributed by atoms with Crippen molar-refractivity contribution in [2.24, 2.45) is 0 Å². The first-order valence-electron chi connectivity index (χ1n) is 6.73. The Morgan fingerprint density at radius 3 is 2.52 bits per heavy atom. The Morgan fingerprint density at radius 2 is 1.81 bits per heavy atom. The van der Waals surface area contributed by atoms with Crippen molar-refractivity contribution < 1.29 is 9.15 Å². The summed E-state index contributed by atoms with van der Waals surface area (Å²) in [6, 6.07) is 18.3. The SMILES string of the molecule is COc1ccc(CNc2ncc(-c3ccccc3)o2)cc1. The van der Waals surface area contributed by atoms with Gasteiger partial charge >= 0.3 is 0 Å². The zero-order chi connectivity index (χ0) is 14.5. The average molecular weight is 280 g/mol. The minimum absolute atomic E-state index is 0.518. The molecule has 0 radical (unpaired) electrons. The van der Waals surface area contributed by atoms with Crippen LogP contribution in [0.15, 0.2) is 65.2 Å². The van der Waals surface area contributed by atoms with E-state index in [0.29, 0.717) is 12.6 Å². The number of hydrogen-bond donors (Lipinski definition) is 1. The Balaban J connectivity index is 1.64. The van der Waals surface area contributed by atoms with Gasteiger partial charge in [0, 0.05) is 12.1 Å². The zero-order valence-electron chi connectivity index (χ0n) is 11.7. The fourth-order valence-corrected chi connectivity index (χ4v) is 2.01. The monoisotopic (exact) mass is 280 g/mol. The van der Waals surface area contributed by atoms with Crippen LogP contribution >= 0.6 is 0 Å². The number of benzene rings is 2. The van der Waals surface area contributed by atoms with Gasteiger partial charge in [-0.2, -0.15) is 0 Å². The van der Waals surface area contributed by atoms with Crippen LogP contribution in [0.25, 0.3) is 11.3 Å². The summed E-state index contributed by atoms with van der Waals surface area (Å²) >= 11 is 0. The molecule has 3 aromatic rings. The molecule has 0 saturated heterocycles. The highest BCUT2D eigenvalue weighted by molar-refractivity contribution is 5.57. The van der Waals surface area contributed by atoms with E-state index in [4.69, 9.17) is 9.15 Å². The molecular formula is C17H16N2O2. The number of anilines is 1. The van der Waals surface area contributed by atoms with Crippen molar-refractivity contribution in [3.8, 4) is 17.1 Å². The number of ether oxygens (including phenoxy) is 1. The second kappa shape index (κ2) is 6.13. The average Bonchev–Trinajstić information content (AvgIpc) is 3.03. The predicted octanol–water partition coefficient (Wildman–Crippen LogP) is 3.96. The van der Waals surface area contributed by atoms with Crippen LogP contribution in [-0.4, -0.2) is 12.1 Å². The molecule has 1 aromatic heterocycles. The van der Waals surface area contributed by atoms with E-state index in [0.717, 1.165) is 22.6 Å². The van der Waals surface area contributed by atoms with Crippen LogP contribution in [0, 0.1) is 0 Å². The standard InChI is InChI=1S/C17H16N2O2/c1-20-15-9-7-13(8-10-15)11-18-17-19-12-16(21-17)14-5-3-2-4-6-14/h2-10,12H,11H2,1H3,(H,18,19). The normalized spacial score (nSPS) is 10.3. The van der Waals surface area contributed by atoms with Gasteiger partial charge in [-0.05, 0) is 17.7 Å². The highest BCUT2D eigenvalue weighted by atomic mass is 16.5. The molecule has 21 heavy (non-hydrogen) atoms. The first kappa shape index (κ1) is 13.2. The van der Waals surface area contributed by atoms with E-state index in [1.54, 1.807) is 13.3 Å². The van der Waals surface area contributed by atoms with E-state index in [1.165, 1.54) is 0 Å². The number of hydrogen-bond acceptors (Lipinski definition) is 4. The zero-order valence-corrected chi connectivity index (χ0v) is 11.7. The van der Waals surface area contributed by atoms with Crippen molar-refractivity contribution in [2.75, 3.05) is 12.4 Å². The Labute approximate surface area is 123 Å². The van der Waals surface area contributed by atoms with E-state index < -0.39 is 0 Å². The smallest absolute Gasteiger partial charge is 0.295 e. The second-order valence-electron chi connectivity index (χ2n) is 4.60. The molecule has 0 saturated carbocycles. The Hall–Kier alpha value is -2.75. The summed E-state index contributed by atoms with van der Waals surface area (Å²) in [7, 11) is 1.66. The molecule has 0 aliphatic rings. The first-order valence-corrected chi connectivity index (χ1v) is 6.73. The van der Waals surface area contributed by atoms with Crippen LogP contribution in [-0.2, 0) is 6.54 Å². The molecule has 4 nitrogen and oxygen atoms in total. The highest BCUT2D eigenvalue weighted by Gasteiger charge is 2.05. The number of nitrogens with one attached hydrogen (secondary N) is 1. The summed E-state index contributed by atoms with van der Waals surface area (Å²) < 4.78 is 10.8. The minimum Gasteiger partial charge on any atom is -0.497 e. The molecule has 0 atom stereocenters. The summed E-state index contributed by atoms with van der Waals surface area (Å²) in [6.45, 7) is 0.652. The molecule has 0 fully saturated rings. The van der Waals surface area contributed by atoms with Gasteiger partial charge in [-0.15, -0.1) is 0 Å². The van der Waals surface area contributed by atoms with Gasteiger partial charge in [-0.3, -0.25) is 0 Å². The molecule has 1 N–H and O–H groups in total. The largest absolute Gasteiger partial charge is 0.497 e. The molecule has 0 unspecified atom stereocenters. The lowest BCUT2D eigenvalue weighted by molar-refractivity contribution is 0.414. The molecule has 3 rings (SSSR count). The Kier molecular flexibility index (Phi) is 3.87. The number of aromatic nitrogens is 1. The maximum Gasteiger partial charge on any atom is 0.295 e. The van der Waals surface area contributed by atoms with Crippen LogP contribution in [0.4, 0.5) is 6.01 Å². The summed E-state index contributed by atoms with van der Waals surface area (Å²) in [4.78, 5) is 4.24. The molecule has 4 heteroatoms. The fourth-order valence-electron chi connectivity index (χ4n) is 2.01. The Bertz CT molecular complexity index is 690. The third-order valence-electron chi connectivity index (χ3n) is 3.17. The van der Waals surface area contributed by atoms with Gasteiger partial charge in [0.2, 0.25) is 0 Å². The predicted molar refractivity (Wildman–Crippen MR) is 82.3 cm³/mol. The maximum absolute atomic E-state index is 5.69. The molecule has 0 amide bonds. The lowest BCUT2D eigenvalue weighted by Gasteiger charge is -2.04. The van der Waals surface area contributed by atoms with Gasteiger partial charge in [-0.25, -0.2) is 4.98 Å². The van der Waals surface area contributed by atoms with E-state index in [2.05, 4.69) is 10.3 Å². The third kappa shape index (κ3) is 3.23. The number of methoxy groups -OCH3 is 1. The molecule has 0 spiro atoms. The lowest BCUT2D eigenvalue weighted by Crippen LogP contribution is -1.99. The summed E-state index contributed by atoms with van der Waals surface area (Å²) in [5.74, 6) is 1.61. The molecule has 2 aromatic carbocycles. The van der Waals surface area contributed by atoms with E-state index in [9.17, 15) is 0 Å². The number of nitrogens with zero attached hydrogens (tertiary/aromatic N) is 1. The molecule has 0 aliphatic heterocycles. The van der Waals surface area contributed by atoms with Crippen LogP contribution in [0.5, 0.6) is 5.75 Å². The molecule has 106 valence electrons. The molecule has 1 heterocycles. The van der Waals surface area contributed by atoms with Crippen molar-refractivity contribution in [3.05, 3.63) is 66.4 Å². The Morgan fingerprint density at radius 1 is 1.05 bits per heavy atom. The van der Waals surface area contributed by atoms with Crippen LogP contribution < -0.4 is 10.1 Å². The molecular weight excluding hydrogens is 264 g/mol. The van der Waals surface area contributed by atoms with E-state index >= 15 is 0 Å². The first-order chi connectivity index (χ1) is 10.3. The summed E-state index contributed by atoms with van der Waals surface area (Å²) in [5, 5.41) is 3.17. The highest BCUT2D eigenvalue weighted by Crippen LogP contribution is 2.22. The van der Waals surface area contributed by atoms with Gasteiger partial charge < -0.3 is 14.5 Å². The van der Waals surface area contributed by atoms with Crippen LogP contribution in [0.3, 0.4) is 0 Å². The molecule has 0 aliphatic carbocycles. The quantitative estimate of drug-likeness (QED) is 0.768. The number of rotatable bonds is 5. The fraction of sp³-hybridized carbons (Fsp3) is 0.118. The lowest BCUT2D eigenvalue weighted by atomic mass is 10.2. The van der Waals surface area contributed by atoms with Gasteiger partial charge in [0.05, 0.1) is 13.3 Å². The van der Waals surface area contributed by atoms with Crippen LogP contribution in [0.2, 0.25) is 0 Å². The van der Waals surface area contributed by atoms with Gasteiger partial charge in [-0.1, -0.05) is 42.5 Å².